The SMILES string of the molecule is Nc1nc(NC2CC2)sc1C(=O)N1CCCNCC1. The van der Waals surface area contributed by atoms with Gasteiger partial charge >= 0.3 is 0 Å². The van der Waals surface area contributed by atoms with E-state index in [4.69, 9.17) is 5.73 Å². The Morgan fingerprint density at radius 2 is 2.26 bits per heavy atom. The normalized spacial score (nSPS) is 20.1. The summed E-state index contributed by atoms with van der Waals surface area (Å²) in [4.78, 5) is 19.1. The maximum Gasteiger partial charge on any atom is 0.267 e. The van der Waals surface area contributed by atoms with Crippen molar-refractivity contribution in [3.63, 3.8) is 0 Å². The minimum Gasteiger partial charge on any atom is -0.382 e. The maximum absolute atomic E-state index is 12.4. The fourth-order valence-corrected chi connectivity index (χ4v) is 3.07. The number of nitrogen functional groups attached to an aromatic ring is 1. The minimum atomic E-state index is 0.0162. The molecule has 0 bridgehead atoms. The first-order valence-electron chi connectivity index (χ1n) is 6.77. The molecule has 104 valence electrons. The van der Waals surface area contributed by atoms with Gasteiger partial charge in [0.1, 0.15) is 10.7 Å². The number of hydrogen-bond donors (Lipinski definition) is 3. The fraction of sp³-hybridized carbons (Fsp3) is 0.667. The molecule has 1 aromatic heterocycles. The van der Waals surface area contributed by atoms with E-state index in [9.17, 15) is 4.79 Å². The molecule has 1 saturated heterocycles. The van der Waals surface area contributed by atoms with E-state index in [0.717, 1.165) is 37.7 Å². The van der Waals surface area contributed by atoms with Crippen LogP contribution >= 0.6 is 11.3 Å². The summed E-state index contributed by atoms with van der Waals surface area (Å²) in [6, 6.07) is 0.524. The lowest BCUT2D eigenvalue weighted by molar-refractivity contribution is 0.0772. The summed E-state index contributed by atoms with van der Waals surface area (Å²) in [6.07, 6.45) is 3.35. The molecule has 1 saturated carbocycles. The third-order valence-corrected chi connectivity index (χ3v) is 4.37. The van der Waals surface area contributed by atoms with Gasteiger partial charge in [0.05, 0.1) is 0 Å². The van der Waals surface area contributed by atoms with Crippen LogP contribution < -0.4 is 16.4 Å². The molecule has 2 aliphatic rings. The lowest BCUT2D eigenvalue weighted by Gasteiger charge is -2.18. The van der Waals surface area contributed by atoms with Crippen LogP contribution in [0.4, 0.5) is 10.9 Å². The number of amides is 1. The van der Waals surface area contributed by atoms with Crippen molar-refractivity contribution in [2.75, 3.05) is 37.2 Å². The van der Waals surface area contributed by atoms with Crippen LogP contribution in [0.1, 0.15) is 28.9 Å². The van der Waals surface area contributed by atoms with Gasteiger partial charge in [0.15, 0.2) is 5.13 Å². The van der Waals surface area contributed by atoms with Gasteiger partial charge in [-0.25, -0.2) is 4.98 Å². The highest BCUT2D eigenvalue weighted by molar-refractivity contribution is 7.18. The van der Waals surface area contributed by atoms with E-state index in [2.05, 4.69) is 15.6 Å². The first kappa shape index (κ1) is 12.7. The van der Waals surface area contributed by atoms with Crippen LogP contribution in [0.3, 0.4) is 0 Å². The van der Waals surface area contributed by atoms with Crippen LogP contribution in [0.25, 0.3) is 0 Å². The summed E-state index contributed by atoms with van der Waals surface area (Å²) < 4.78 is 0. The zero-order valence-electron chi connectivity index (χ0n) is 10.8. The predicted molar refractivity (Wildman–Crippen MR) is 76.6 cm³/mol. The van der Waals surface area contributed by atoms with Crippen molar-refractivity contribution in [1.29, 1.82) is 0 Å². The average molecular weight is 281 g/mol. The first-order valence-corrected chi connectivity index (χ1v) is 7.58. The molecule has 0 atom stereocenters. The third-order valence-electron chi connectivity index (χ3n) is 3.38. The van der Waals surface area contributed by atoms with Crippen LogP contribution in [0.2, 0.25) is 0 Å². The van der Waals surface area contributed by atoms with E-state index in [1.54, 1.807) is 0 Å². The monoisotopic (exact) mass is 281 g/mol. The second-order valence-corrected chi connectivity index (χ2v) is 6.05. The molecule has 7 heteroatoms. The lowest BCUT2D eigenvalue weighted by atomic mass is 10.3. The molecule has 0 unspecified atom stereocenters. The van der Waals surface area contributed by atoms with E-state index in [1.165, 1.54) is 24.2 Å². The highest BCUT2D eigenvalue weighted by Crippen LogP contribution is 2.31. The van der Waals surface area contributed by atoms with Crippen LogP contribution in [0.15, 0.2) is 0 Å². The summed E-state index contributed by atoms with van der Waals surface area (Å²) in [5, 5.41) is 7.35. The van der Waals surface area contributed by atoms with Crippen LogP contribution in [-0.4, -0.2) is 48.0 Å². The van der Waals surface area contributed by atoms with Gasteiger partial charge in [-0.15, -0.1) is 0 Å². The number of carbonyl (C=O) groups is 1. The molecule has 2 fully saturated rings. The highest BCUT2D eigenvalue weighted by atomic mass is 32.1. The van der Waals surface area contributed by atoms with Crippen LogP contribution in [0, 0.1) is 0 Å². The zero-order valence-corrected chi connectivity index (χ0v) is 11.6. The summed E-state index contributed by atoms with van der Waals surface area (Å²) >= 11 is 1.38. The Kier molecular flexibility index (Phi) is 3.56. The molecule has 1 amide bonds. The molecule has 0 radical (unpaired) electrons. The Balaban J connectivity index is 1.72. The molecule has 1 aromatic rings. The molecule has 2 heterocycles. The second kappa shape index (κ2) is 5.34. The van der Waals surface area contributed by atoms with Crippen molar-refractivity contribution in [1.82, 2.24) is 15.2 Å². The Morgan fingerprint density at radius 1 is 1.42 bits per heavy atom. The Bertz CT molecular complexity index is 463. The van der Waals surface area contributed by atoms with E-state index >= 15 is 0 Å². The van der Waals surface area contributed by atoms with Gasteiger partial charge in [0, 0.05) is 25.7 Å². The van der Waals surface area contributed by atoms with Crippen molar-refractivity contribution < 1.29 is 4.79 Å². The minimum absolute atomic E-state index is 0.0162. The van der Waals surface area contributed by atoms with Crippen molar-refractivity contribution in [2.45, 2.75) is 25.3 Å². The number of hydrogen-bond acceptors (Lipinski definition) is 6. The molecule has 4 N–H and O–H groups in total. The molecule has 1 aliphatic carbocycles. The number of thiazole rings is 1. The van der Waals surface area contributed by atoms with Crippen LogP contribution in [0.5, 0.6) is 0 Å². The number of aromatic nitrogens is 1. The van der Waals surface area contributed by atoms with Crippen molar-refractivity contribution in [2.24, 2.45) is 0 Å². The van der Waals surface area contributed by atoms with Crippen molar-refractivity contribution in [3.05, 3.63) is 4.88 Å². The largest absolute Gasteiger partial charge is 0.382 e. The predicted octanol–water partition coefficient (Wildman–Crippen LogP) is 0.735. The molecule has 0 spiro atoms. The molecule has 1 aliphatic heterocycles. The fourth-order valence-electron chi connectivity index (χ4n) is 2.14. The van der Waals surface area contributed by atoms with E-state index < -0.39 is 0 Å². The number of carbonyl (C=O) groups excluding carboxylic acids is 1. The van der Waals surface area contributed by atoms with Gasteiger partial charge in [-0.2, -0.15) is 0 Å². The van der Waals surface area contributed by atoms with Crippen molar-refractivity contribution >= 4 is 28.2 Å². The topological polar surface area (TPSA) is 83.3 Å². The molecular weight excluding hydrogens is 262 g/mol. The zero-order chi connectivity index (χ0) is 13.2. The quantitative estimate of drug-likeness (QED) is 0.761. The Morgan fingerprint density at radius 3 is 3.05 bits per heavy atom. The standard InChI is InChI=1S/C12H19N5OS/c13-10-9(19-12(16-10)15-8-2-3-8)11(18)17-6-1-4-14-5-7-17/h8,14H,1-7,13H2,(H,15,16). The van der Waals surface area contributed by atoms with Gasteiger partial charge in [-0.05, 0) is 25.8 Å². The van der Waals surface area contributed by atoms with E-state index in [0.29, 0.717) is 16.7 Å². The highest BCUT2D eigenvalue weighted by Gasteiger charge is 2.26. The lowest BCUT2D eigenvalue weighted by Crippen LogP contribution is -2.34. The summed E-state index contributed by atoms with van der Waals surface area (Å²) in [7, 11) is 0. The van der Waals surface area contributed by atoms with Crippen molar-refractivity contribution in [3.8, 4) is 0 Å². The number of anilines is 2. The molecule has 19 heavy (non-hydrogen) atoms. The van der Waals surface area contributed by atoms with Gasteiger partial charge in [0.2, 0.25) is 0 Å². The average Bonchev–Trinajstić information content (AvgIpc) is 3.16. The first-order chi connectivity index (χ1) is 9.24. The summed E-state index contributed by atoms with van der Waals surface area (Å²) in [5.41, 5.74) is 5.88. The number of nitrogens with two attached hydrogens (primary N) is 1. The number of nitrogens with one attached hydrogen (secondary N) is 2. The third kappa shape index (κ3) is 2.98. The number of nitrogens with zero attached hydrogens (tertiary/aromatic N) is 2. The molecular formula is C12H19N5OS. The van der Waals surface area contributed by atoms with Gasteiger partial charge in [-0.3, -0.25) is 4.79 Å². The molecule has 6 nitrogen and oxygen atoms in total. The molecule has 0 aromatic carbocycles. The molecule has 3 rings (SSSR count). The second-order valence-electron chi connectivity index (χ2n) is 5.05. The number of rotatable bonds is 3. The van der Waals surface area contributed by atoms with Gasteiger partial charge < -0.3 is 21.3 Å². The van der Waals surface area contributed by atoms with Crippen LogP contribution in [-0.2, 0) is 0 Å². The van der Waals surface area contributed by atoms with Gasteiger partial charge in [0.25, 0.3) is 5.91 Å². The van der Waals surface area contributed by atoms with E-state index in [1.807, 2.05) is 4.90 Å². The Labute approximate surface area is 116 Å². The van der Waals surface area contributed by atoms with Gasteiger partial charge in [-0.1, -0.05) is 11.3 Å². The Hall–Kier alpha value is -1.34. The van der Waals surface area contributed by atoms with E-state index in [-0.39, 0.29) is 5.91 Å². The summed E-state index contributed by atoms with van der Waals surface area (Å²) in [5.74, 6) is 0.373. The summed E-state index contributed by atoms with van der Waals surface area (Å²) in [6.45, 7) is 3.34. The maximum atomic E-state index is 12.4. The smallest absolute Gasteiger partial charge is 0.267 e.